The van der Waals surface area contributed by atoms with Gasteiger partial charge in [-0.15, -0.1) is 24.0 Å². The molecule has 1 aliphatic carbocycles. The topological polar surface area (TPSA) is 120 Å². The quantitative estimate of drug-likeness (QED) is 0.204. The largest absolute Gasteiger partial charge is 0.357 e. The zero-order chi connectivity index (χ0) is 20.6. The highest BCUT2D eigenvalue weighted by Crippen LogP contribution is 2.25. The normalized spacial score (nSPS) is 20.0. The zero-order valence-corrected chi connectivity index (χ0v) is 21.4. The van der Waals surface area contributed by atoms with Gasteiger partial charge in [0.25, 0.3) is 0 Å². The highest BCUT2D eigenvalue weighted by Gasteiger charge is 2.27. The minimum Gasteiger partial charge on any atom is -0.357 e. The third kappa shape index (κ3) is 9.23. The zero-order valence-electron chi connectivity index (χ0n) is 17.4. The van der Waals surface area contributed by atoms with Crippen LogP contribution in [0.4, 0.5) is 0 Å². The van der Waals surface area contributed by atoms with Crippen LogP contribution in [0.1, 0.15) is 46.0 Å². The molecule has 0 aromatic rings. The fourth-order valence-corrected chi connectivity index (χ4v) is 5.36. The number of piperidine rings is 1. The lowest BCUT2D eigenvalue weighted by Crippen LogP contribution is -2.50. The van der Waals surface area contributed by atoms with E-state index in [4.69, 9.17) is 0 Å². The second kappa shape index (κ2) is 12.6. The number of aliphatic imine (C=N–C) groups is 1. The average molecular weight is 566 g/mol. The molecule has 9 nitrogen and oxygen atoms in total. The van der Waals surface area contributed by atoms with Crippen molar-refractivity contribution in [2.24, 2.45) is 10.9 Å². The summed E-state index contributed by atoms with van der Waals surface area (Å²) < 4.78 is 52.3. The van der Waals surface area contributed by atoms with Gasteiger partial charge in [0, 0.05) is 32.2 Å². The van der Waals surface area contributed by atoms with E-state index in [1.807, 2.05) is 6.92 Å². The molecule has 0 unspecified atom stereocenters. The first-order valence-electron chi connectivity index (χ1n) is 10.3. The Labute approximate surface area is 193 Å². The van der Waals surface area contributed by atoms with Crippen LogP contribution >= 0.6 is 24.0 Å². The summed E-state index contributed by atoms with van der Waals surface area (Å²) in [6.07, 6.45) is 4.80. The lowest BCUT2D eigenvalue weighted by Gasteiger charge is -2.32. The van der Waals surface area contributed by atoms with Crippen molar-refractivity contribution in [3.63, 3.8) is 0 Å². The van der Waals surface area contributed by atoms with Gasteiger partial charge < -0.3 is 10.6 Å². The fraction of sp³-hybridized carbons (Fsp3) is 0.941. The van der Waals surface area contributed by atoms with Gasteiger partial charge in [-0.2, -0.15) is 0 Å². The molecule has 0 amide bonds. The van der Waals surface area contributed by atoms with Crippen LogP contribution in [0.15, 0.2) is 4.99 Å². The van der Waals surface area contributed by atoms with Gasteiger partial charge in [0.2, 0.25) is 20.0 Å². The van der Waals surface area contributed by atoms with Crippen LogP contribution in [-0.4, -0.2) is 77.4 Å². The maximum atomic E-state index is 12.1. The number of nitrogens with one attached hydrogen (secondary N) is 3. The number of hydrogen-bond acceptors (Lipinski definition) is 5. The van der Waals surface area contributed by atoms with Crippen molar-refractivity contribution >= 4 is 50.0 Å². The third-order valence-electron chi connectivity index (χ3n) is 5.34. The van der Waals surface area contributed by atoms with E-state index >= 15 is 0 Å². The summed E-state index contributed by atoms with van der Waals surface area (Å²) in [5.74, 6) is 1.15. The Kier molecular flexibility index (Phi) is 11.7. The molecule has 0 radical (unpaired) electrons. The van der Waals surface area contributed by atoms with E-state index in [0.717, 1.165) is 12.8 Å². The van der Waals surface area contributed by atoms with Crippen molar-refractivity contribution in [2.75, 3.05) is 44.2 Å². The van der Waals surface area contributed by atoms with Crippen molar-refractivity contribution in [1.82, 2.24) is 19.7 Å². The average Bonchev–Trinajstić information content (AvgIpc) is 2.60. The molecule has 2 fully saturated rings. The van der Waals surface area contributed by atoms with Crippen LogP contribution in [0.5, 0.6) is 0 Å². The Morgan fingerprint density at radius 3 is 2.24 bits per heavy atom. The maximum absolute atomic E-state index is 12.1. The molecule has 2 rings (SSSR count). The highest BCUT2D eigenvalue weighted by atomic mass is 127. The SMILES string of the molecule is CCNC(=NCCS(=O)(=O)NCC1CCC1)NC1CCN(S(=O)(=O)CC)CC1.I. The summed E-state index contributed by atoms with van der Waals surface area (Å²) >= 11 is 0. The number of halogens is 1. The summed E-state index contributed by atoms with van der Waals surface area (Å²) in [4.78, 5) is 4.38. The summed E-state index contributed by atoms with van der Waals surface area (Å²) in [7, 11) is -6.45. The molecule has 29 heavy (non-hydrogen) atoms. The van der Waals surface area contributed by atoms with E-state index in [-0.39, 0.29) is 48.1 Å². The summed E-state index contributed by atoms with van der Waals surface area (Å²) in [6.45, 7) is 5.97. The Morgan fingerprint density at radius 1 is 1.07 bits per heavy atom. The van der Waals surface area contributed by atoms with E-state index < -0.39 is 20.0 Å². The Bertz CT molecular complexity index is 718. The van der Waals surface area contributed by atoms with Gasteiger partial charge in [0.05, 0.1) is 18.1 Å². The minimum absolute atomic E-state index is 0. The Hall–Kier alpha value is -0.180. The molecule has 0 aromatic heterocycles. The monoisotopic (exact) mass is 565 g/mol. The molecule has 0 atom stereocenters. The molecular formula is C17H36IN5O4S2. The summed E-state index contributed by atoms with van der Waals surface area (Å²) in [6, 6.07) is 0.120. The summed E-state index contributed by atoms with van der Waals surface area (Å²) in [5.41, 5.74) is 0. The van der Waals surface area contributed by atoms with Gasteiger partial charge in [0.1, 0.15) is 0 Å². The summed E-state index contributed by atoms with van der Waals surface area (Å²) in [5, 5.41) is 6.43. The molecule has 2 aliphatic rings. The molecule has 0 spiro atoms. The number of nitrogens with zero attached hydrogens (tertiary/aromatic N) is 2. The van der Waals surface area contributed by atoms with Crippen LogP contribution in [0.3, 0.4) is 0 Å². The number of sulfonamides is 2. The molecule has 0 bridgehead atoms. The first-order chi connectivity index (χ1) is 13.3. The van der Waals surface area contributed by atoms with Gasteiger partial charge in [-0.25, -0.2) is 25.9 Å². The lowest BCUT2D eigenvalue weighted by molar-refractivity contribution is 0.306. The van der Waals surface area contributed by atoms with Crippen LogP contribution < -0.4 is 15.4 Å². The second-order valence-corrected chi connectivity index (χ2v) is 11.6. The van der Waals surface area contributed by atoms with E-state index in [9.17, 15) is 16.8 Å². The van der Waals surface area contributed by atoms with E-state index in [1.54, 1.807) is 6.92 Å². The molecule has 1 saturated heterocycles. The smallest absolute Gasteiger partial charge is 0.213 e. The molecule has 3 N–H and O–H groups in total. The molecule has 1 saturated carbocycles. The first-order valence-corrected chi connectivity index (χ1v) is 13.5. The Morgan fingerprint density at radius 2 is 1.72 bits per heavy atom. The van der Waals surface area contributed by atoms with Crippen molar-refractivity contribution in [1.29, 1.82) is 0 Å². The number of rotatable bonds is 10. The van der Waals surface area contributed by atoms with Crippen LogP contribution in [0, 0.1) is 5.92 Å². The molecule has 12 heteroatoms. The molecular weight excluding hydrogens is 529 g/mol. The van der Waals surface area contributed by atoms with Crippen LogP contribution in [-0.2, 0) is 20.0 Å². The fourth-order valence-electron chi connectivity index (χ4n) is 3.27. The van der Waals surface area contributed by atoms with Gasteiger partial charge in [0.15, 0.2) is 5.96 Å². The van der Waals surface area contributed by atoms with Crippen molar-refractivity contribution in [3.8, 4) is 0 Å². The molecule has 1 heterocycles. The lowest BCUT2D eigenvalue weighted by atomic mass is 9.86. The predicted molar refractivity (Wildman–Crippen MR) is 128 cm³/mol. The first kappa shape index (κ1) is 26.9. The number of hydrogen-bond donors (Lipinski definition) is 3. The van der Waals surface area contributed by atoms with Crippen LogP contribution in [0.25, 0.3) is 0 Å². The minimum atomic E-state index is -3.31. The second-order valence-electron chi connectivity index (χ2n) is 7.44. The van der Waals surface area contributed by atoms with Crippen LogP contribution in [0.2, 0.25) is 0 Å². The predicted octanol–water partition coefficient (Wildman–Crippen LogP) is 0.693. The van der Waals surface area contributed by atoms with Gasteiger partial charge >= 0.3 is 0 Å². The standard InChI is InChI=1S/C17H35N5O4S2.HI/c1-3-18-17(19-10-13-27(23,24)20-14-15-6-5-7-15)21-16-8-11-22(12-9-16)28(25,26)4-2;/h15-16,20H,3-14H2,1-2H3,(H2,18,19,21);1H. The van der Waals surface area contributed by atoms with E-state index in [1.165, 1.54) is 10.7 Å². The van der Waals surface area contributed by atoms with Gasteiger partial charge in [-0.05, 0) is 45.4 Å². The van der Waals surface area contributed by atoms with Crippen molar-refractivity contribution in [3.05, 3.63) is 0 Å². The maximum Gasteiger partial charge on any atom is 0.213 e. The molecule has 1 aliphatic heterocycles. The van der Waals surface area contributed by atoms with E-state index in [0.29, 0.717) is 50.9 Å². The van der Waals surface area contributed by atoms with Crippen molar-refractivity contribution in [2.45, 2.75) is 52.0 Å². The van der Waals surface area contributed by atoms with Gasteiger partial charge in [-0.3, -0.25) is 4.99 Å². The molecule has 0 aromatic carbocycles. The van der Waals surface area contributed by atoms with Crippen molar-refractivity contribution < 1.29 is 16.8 Å². The number of guanidine groups is 1. The third-order valence-corrected chi connectivity index (χ3v) is 8.55. The Balaban J connectivity index is 0.00000420. The highest BCUT2D eigenvalue weighted by molar-refractivity contribution is 14.0. The molecule has 172 valence electrons. The van der Waals surface area contributed by atoms with E-state index in [2.05, 4.69) is 20.3 Å². The van der Waals surface area contributed by atoms with Gasteiger partial charge in [-0.1, -0.05) is 6.42 Å².